The smallest absolute Gasteiger partial charge is 0.258 e. The van der Waals surface area contributed by atoms with Gasteiger partial charge in [-0.1, -0.05) is 11.6 Å². The van der Waals surface area contributed by atoms with Gasteiger partial charge < -0.3 is 5.32 Å². The van der Waals surface area contributed by atoms with Crippen molar-refractivity contribution >= 4 is 44.9 Å². The van der Waals surface area contributed by atoms with Crippen molar-refractivity contribution < 1.29 is 14.0 Å². The quantitative estimate of drug-likeness (QED) is 0.455. The molecule has 6 nitrogen and oxygen atoms in total. The third-order valence-corrected chi connectivity index (χ3v) is 5.38. The van der Waals surface area contributed by atoms with E-state index in [1.807, 2.05) is 32.0 Å². The Morgan fingerprint density at radius 2 is 1.81 bits per heavy atom. The molecule has 2 aromatic heterocycles. The minimum absolute atomic E-state index is 0.278. The number of aryl methyl sites for hydroxylation is 2. The van der Waals surface area contributed by atoms with Gasteiger partial charge in [0.1, 0.15) is 5.82 Å². The molecule has 4 aromatic rings. The van der Waals surface area contributed by atoms with E-state index in [0.717, 1.165) is 22.2 Å². The van der Waals surface area contributed by atoms with Crippen LogP contribution in [0.2, 0.25) is 0 Å². The van der Waals surface area contributed by atoms with E-state index < -0.39 is 5.82 Å². The van der Waals surface area contributed by atoms with E-state index in [4.69, 9.17) is 0 Å². The van der Waals surface area contributed by atoms with Crippen LogP contribution in [-0.2, 0) is 4.79 Å². The molecule has 0 saturated heterocycles. The first kappa shape index (κ1) is 20.6. The van der Waals surface area contributed by atoms with E-state index in [9.17, 15) is 14.0 Å². The standard InChI is InChI=1S/C23H19FN4O2S/c1-12-4-7-20-17(8-12)18(9-13(2)25-20)22(30)28-23-27-21(11-31-23)16-6-5-15(10-19(16)24)26-14(3)29/h4-11H,1-3H3,(H,26,29)(H,27,28,30). The number of nitrogens with one attached hydrogen (secondary N) is 2. The normalized spacial score (nSPS) is 10.8. The predicted octanol–water partition coefficient (Wildman–Crippen LogP) is 5.32. The van der Waals surface area contributed by atoms with Crippen molar-refractivity contribution in [3.63, 3.8) is 0 Å². The molecule has 0 radical (unpaired) electrons. The third-order valence-electron chi connectivity index (χ3n) is 4.63. The van der Waals surface area contributed by atoms with Crippen molar-refractivity contribution in [1.82, 2.24) is 9.97 Å². The van der Waals surface area contributed by atoms with Crippen molar-refractivity contribution in [3.8, 4) is 11.3 Å². The van der Waals surface area contributed by atoms with E-state index in [2.05, 4.69) is 20.6 Å². The summed E-state index contributed by atoms with van der Waals surface area (Å²) >= 11 is 1.21. The van der Waals surface area contributed by atoms with Crippen LogP contribution in [0.3, 0.4) is 0 Å². The summed E-state index contributed by atoms with van der Waals surface area (Å²) in [6, 6.07) is 11.9. The fraction of sp³-hybridized carbons (Fsp3) is 0.130. The molecule has 0 aliphatic carbocycles. The molecular formula is C23H19FN4O2S. The lowest BCUT2D eigenvalue weighted by atomic mass is 10.0. The third kappa shape index (κ3) is 4.44. The molecule has 2 aromatic carbocycles. The second-order valence-corrected chi connectivity index (χ2v) is 8.06. The van der Waals surface area contributed by atoms with E-state index in [-0.39, 0.29) is 17.4 Å². The van der Waals surface area contributed by atoms with E-state index in [0.29, 0.717) is 22.1 Å². The Labute approximate surface area is 182 Å². The van der Waals surface area contributed by atoms with Crippen molar-refractivity contribution in [1.29, 1.82) is 0 Å². The summed E-state index contributed by atoms with van der Waals surface area (Å²) in [4.78, 5) is 32.9. The maximum absolute atomic E-state index is 14.5. The summed E-state index contributed by atoms with van der Waals surface area (Å²) in [6.45, 7) is 5.15. The molecule has 0 saturated carbocycles. The average Bonchev–Trinajstić information content (AvgIpc) is 3.15. The monoisotopic (exact) mass is 434 g/mol. The Balaban J connectivity index is 1.60. The zero-order valence-electron chi connectivity index (χ0n) is 17.1. The highest BCUT2D eigenvalue weighted by atomic mass is 32.1. The van der Waals surface area contributed by atoms with Gasteiger partial charge in [-0.15, -0.1) is 11.3 Å². The van der Waals surface area contributed by atoms with Gasteiger partial charge in [-0.05, 0) is 50.2 Å². The van der Waals surface area contributed by atoms with Gasteiger partial charge in [0.2, 0.25) is 5.91 Å². The number of amides is 2. The number of carbonyl (C=O) groups is 2. The van der Waals surface area contributed by atoms with Gasteiger partial charge in [-0.2, -0.15) is 0 Å². The number of aromatic nitrogens is 2. The molecule has 2 heterocycles. The van der Waals surface area contributed by atoms with Gasteiger partial charge in [-0.25, -0.2) is 9.37 Å². The van der Waals surface area contributed by atoms with Crippen molar-refractivity contribution in [2.24, 2.45) is 0 Å². The number of thiazole rings is 1. The molecule has 156 valence electrons. The molecule has 0 aliphatic rings. The first-order chi connectivity index (χ1) is 14.8. The fourth-order valence-electron chi connectivity index (χ4n) is 3.28. The van der Waals surface area contributed by atoms with Crippen LogP contribution in [0.4, 0.5) is 15.2 Å². The number of pyridine rings is 1. The highest BCUT2D eigenvalue weighted by Crippen LogP contribution is 2.29. The van der Waals surface area contributed by atoms with Crippen molar-refractivity contribution in [2.45, 2.75) is 20.8 Å². The van der Waals surface area contributed by atoms with Crippen LogP contribution in [0.5, 0.6) is 0 Å². The molecule has 0 fully saturated rings. The highest BCUT2D eigenvalue weighted by Gasteiger charge is 2.16. The topological polar surface area (TPSA) is 84.0 Å². The van der Waals surface area contributed by atoms with E-state index >= 15 is 0 Å². The number of hydrogen-bond donors (Lipinski definition) is 2. The summed E-state index contributed by atoms with van der Waals surface area (Å²) in [5.74, 6) is -1.09. The Morgan fingerprint density at radius 3 is 2.55 bits per heavy atom. The van der Waals surface area contributed by atoms with Gasteiger partial charge in [0.25, 0.3) is 5.91 Å². The zero-order valence-corrected chi connectivity index (χ0v) is 17.9. The van der Waals surface area contributed by atoms with Gasteiger partial charge in [-0.3, -0.25) is 19.9 Å². The number of anilines is 2. The SMILES string of the molecule is CC(=O)Nc1ccc(-c2csc(NC(=O)c3cc(C)nc4ccc(C)cc34)n2)c(F)c1. The van der Waals surface area contributed by atoms with Crippen LogP contribution < -0.4 is 10.6 Å². The first-order valence-electron chi connectivity index (χ1n) is 9.52. The van der Waals surface area contributed by atoms with E-state index in [1.54, 1.807) is 23.6 Å². The average molecular weight is 434 g/mol. The number of fused-ring (bicyclic) bond motifs is 1. The van der Waals surface area contributed by atoms with Crippen LogP contribution in [0, 0.1) is 19.7 Å². The van der Waals surface area contributed by atoms with Gasteiger partial charge in [0, 0.05) is 34.6 Å². The molecule has 2 N–H and O–H groups in total. The first-order valence-corrected chi connectivity index (χ1v) is 10.4. The molecule has 0 aliphatic heterocycles. The summed E-state index contributed by atoms with van der Waals surface area (Å²) in [5.41, 5.74) is 4.08. The Bertz CT molecular complexity index is 1330. The molecule has 4 rings (SSSR count). The summed E-state index contributed by atoms with van der Waals surface area (Å²) in [7, 11) is 0. The molecule has 0 bridgehead atoms. The summed E-state index contributed by atoms with van der Waals surface area (Å²) < 4.78 is 14.5. The molecule has 0 spiro atoms. The molecule has 2 amide bonds. The van der Waals surface area contributed by atoms with Crippen LogP contribution in [0.25, 0.3) is 22.2 Å². The van der Waals surface area contributed by atoms with Gasteiger partial charge in [0.15, 0.2) is 5.13 Å². The number of hydrogen-bond acceptors (Lipinski definition) is 5. The Morgan fingerprint density at radius 1 is 1.00 bits per heavy atom. The lowest BCUT2D eigenvalue weighted by Crippen LogP contribution is -2.13. The number of halogens is 1. The van der Waals surface area contributed by atoms with Crippen LogP contribution >= 0.6 is 11.3 Å². The van der Waals surface area contributed by atoms with Crippen LogP contribution in [-0.4, -0.2) is 21.8 Å². The molecule has 0 unspecified atom stereocenters. The maximum Gasteiger partial charge on any atom is 0.258 e. The second-order valence-electron chi connectivity index (χ2n) is 7.20. The van der Waals surface area contributed by atoms with Gasteiger partial charge in [0.05, 0.1) is 16.8 Å². The number of nitrogens with zero attached hydrogens (tertiary/aromatic N) is 2. The summed E-state index contributed by atoms with van der Waals surface area (Å²) in [5, 5.41) is 8.14. The largest absolute Gasteiger partial charge is 0.326 e. The molecule has 31 heavy (non-hydrogen) atoms. The maximum atomic E-state index is 14.5. The second kappa shape index (κ2) is 8.23. The zero-order chi connectivity index (χ0) is 22.1. The summed E-state index contributed by atoms with van der Waals surface area (Å²) in [6.07, 6.45) is 0. The minimum Gasteiger partial charge on any atom is -0.326 e. The molecule has 0 atom stereocenters. The highest BCUT2D eigenvalue weighted by molar-refractivity contribution is 7.14. The van der Waals surface area contributed by atoms with Gasteiger partial charge >= 0.3 is 0 Å². The van der Waals surface area contributed by atoms with Crippen LogP contribution in [0.1, 0.15) is 28.5 Å². The Hall–Kier alpha value is -3.65. The minimum atomic E-state index is -0.513. The van der Waals surface area contributed by atoms with Crippen molar-refractivity contribution in [2.75, 3.05) is 10.6 Å². The number of rotatable bonds is 4. The Kier molecular flexibility index (Phi) is 5.48. The lowest BCUT2D eigenvalue weighted by molar-refractivity contribution is -0.114. The number of carbonyl (C=O) groups excluding carboxylic acids is 2. The molecular weight excluding hydrogens is 415 g/mol. The molecule has 8 heteroatoms. The lowest BCUT2D eigenvalue weighted by Gasteiger charge is -2.08. The van der Waals surface area contributed by atoms with Crippen LogP contribution in [0.15, 0.2) is 47.8 Å². The van der Waals surface area contributed by atoms with Crippen molar-refractivity contribution in [3.05, 3.63) is 70.5 Å². The fourth-order valence-corrected chi connectivity index (χ4v) is 3.99. The van der Waals surface area contributed by atoms with E-state index in [1.165, 1.54) is 24.3 Å². The number of benzene rings is 2. The predicted molar refractivity (Wildman–Crippen MR) is 121 cm³/mol.